The Morgan fingerprint density at radius 3 is 2.32 bits per heavy atom. The number of rotatable bonds is 1. The summed E-state index contributed by atoms with van der Waals surface area (Å²) in [4.78, 5) is 24.4. The summed E-state index contributed by atoms with van der Waals surface area (Å²) in [6.07, 6.45) is 0. The third-order valence-electron chi connectivity index (χ3n) is 3.48. The van der Waals surface area contributed by atoms with Gasteiger partial charge < -0.3 is 4.57 Å². The minimum atomic E-state index is -0.316. The molecule has 98 valence electrons. The fraction of sp³-hybridized carbons (Fsp3) is 0.200. The van der Waals surface area contributed by atoms with Gasteiger partial charge in [0.15, 0.2) is 0 Å². The van der Waals surface area contributed by atoms with Crippen LogP contribution in [0.25, 0.3) is 23.9 Å². The number of carbonyl (C=O) groups is 2. The normalized spacial score (nSPS) is 10.7. The van der Waals surface area contributed by atoms with Gasteiger partial charge in [0.25, 0.3) is 5.91 Å². The first-order valence-electron chi connectivity index (χ1n) is 5.89. The smallest absolute Gasteiger partial charge is 0.260 e. The second-order valence-electron chi connectivity index (χ2n) is 4.60. The molecule has 0 unspecified atom stereocenters. The van der Waals surface area contributed by atoms with E-state index in [0.717, 1.165) is 26.4 Å². The van der Waals surface area contributed by atoms with Crippen molar-refractivity contribution < 1.29 is 9.59 Å². The van der Waals surface area contributed by atoms with E-state index < -0.39 is 0 Å². The van der Waals surface area contributed by atoms with Crippen LogP contribution in [-0.2, 0) is 11.8 Å². The van der Waals surface area contributed by atoms with Crippen molar-refractivity contribution in [3.05, 3.63) is 34.5 Å². The van der Waals surface area contributed by atoms with Crippen LogP contribution < -0.4 is 10.7 Å². The fourth-order valence-corrected chi connectivity index (χ4v) is 2.03. The maximum Gasteiger partial charge on any atom is 0.260 e. The maximum atomic E-state index is 12.1. The Morgan fingerprint density at radius 2 is 1.74 bits per heavy atom. The van der Waals surface area contributed by atoms with E-state index in [1.54, 1.807) is 12.1 Å². The van der Waals surface area contributed by atoms with Gasteiger partial charge in [-0.1, -0.05) is 19.2 Å². The number of hydrogen-bond donors (Lipinski definition) is 0. The highest BCUT2D eigenvalue weighted by Crippen LogP contribution is 2.11. The second kappa shape index (κ2) is 4.39. The van der Waals surface area contributed by atoms with Crippen LogP contribution in [0.15, 0.2) is 18.2 Å². The van der Waals surface area contributed by atoms with Crippen LogP contribution in [0.1, 0.15) is 17.3 Å². The van der Waals surface area contributed by atoms with E-state index in [9.17, 15) is 9.59 Å². The van der Waals surface area contributed by atoms with Gasteiger partial charge in [-0.25, -0.2) is 0 Å². The molecule has 1 aromatic heterocycles. The zero-order chi connectivity index (χ0) is 14.3. The number of nitrogens with zero attached hydrogens (tertiary/aromatic N) is 2. The average molecular weight is 256 g/mol. The zero-order valence-electron chi connectivity index (χ0n) is 11.4. The van der Waals surface area contributed by atoms with Gasteiger partial charge >= 0.3 is 0 Å². The van der Waals surface area contributed by atoms with E-state index in [0.29, 0.717) is 5.56 Å². The first-order valence-corrected chi connectivity index (χ1v) is 5.89. The van der Waals surface area contributed by atoms with E-state index >= 15 is 0 Å². The lowest BCUT2D eigenvalue weighted by molar-refractivity contribution is -0.125. The largest absolute Gasteiger partial charge is 0.345 e. The number of hydrogen-bond acceptors (Lipinski definition) is 2. The molecule has 1 heterocycles. The molecule has 2 aromatic rings. The SMILES string of the molecule is C=c1c2ccc(C(=O)N(C)C(C)=O)cc2c(=C)n1C. The van der Waals surface area contributed by atoms with Crippen LogP contribution >= 0.6 is 0 Å². The number of carbonyl (C=O) groups excluding carboxylic acids is 2. The molecule has 4 heteroatoms. The van der Waals surface area contributed by atoms with Crippen molar-refractivity contribution in [3.8, 4) is 0 Å². The zero-order valence-corrected chi connectivity index (χ0v) is 11.4. The molecule has 0 N–H and O–H groups in total. The second-order valence-corrected chi connectivity index (χ2v) is 4.60. The summed E-state index contributed by atoms with van der Waals surface area (Å²) in [5, 5.41) is 3.52. The Hall–Kier alpha value is -2.36. The van der Waals surface area contributed by atoms with Crippen molar-refractivity contribution >= 4 is 35.7 Å². The van der Waals surface area contributed by atoms with Crippen molar-refractivity contribution in [2.24, 2.45) is 7.05 Å². The van der Waals surface area contributed by atoms with E-state index in [1.165, 1.54) is 14.0 Å². The van der Waals surface area contributed by atoms with E-state index in [1.807, 2.05) is 17.7 Å². The Labute approximate surface area is 111 Å². The predicted molar refractivity (Wildman–Crippen MR) is 76.0 cm³/mol. The molecule has 0 aliphatic rings. The molecule has 4 nitrogen and oxygen atoms in total. The van der Waals surface area contributed by atoms with Crippen LogP contribution in [0.5, 0.6) is 0 Å². The summed E-state index contributed by atoms with van der Waals surface area (Å²) in [6.45, 7) is 9.32. The van der Waals surface area contributed by atoms with Crippen LogP contribution in [0.2, 0.25) is 0 Å². The first-order chi connectivity index (χ1) is 8.84. The lowest BCUT2D eigenvalue weighted by Crippen LogP contribution is -2.31. The van der Waals surface area contributed by atoms with Gasteiger partial charge in [0.1, 0.15) is 0 Å². The molecule has 0 saturated carbocycles. The molecular formula is C15H16N2O2. The number of amides is 2. The summed E-state index contributed by atoms with van der Waals surface area (Å²) in [5.74, 6) is -0.603. The van der Waals surface area contributed by atoms with Crippen LogP contribution in [0.3, 0.4) is 0 Å². The van der Waals surface area contributed by atoms with Crippen LogP contribution in [0.4, 0.5) is 0 Å². The molecule has 0 saturated heterocycles. The van der Waals surface area contributed by atoms with Crippen LogP contribution in [0, 0.1) is 0 Å². The molecule has 0 spiro atoms. The molecule has 0 atom stereocenters. The fourth-order valence-electron chi connectivity index (χ4n) is 2.03. The lowest BCUT2D eigenvalue weighted by atomic mass is 10.1. The number of fused-ring (bicyclic) bond motifs is 1. The van der Waals surface area contributed by atoms with Crippen molar-refractivity contribution in [1.82, 2.24) is 9.47 Å². The van der Waals surface area contributed by atoms with Gasteiger partial charge in [-0.2, -0.15) is 0 Å². The summed E-state index contributed by atoms with van der Waals surface area (Å²) < 4.78 is 1.88. The van der Waals surface area contributed by atoms with Crippen molar-refractivity contribution in [2.45, 2.75) is 6.92 Å². The Bertz CT molecular complexity index is 787. The molecule has 0 aliphatic carbocycles. The standard InChI is InChI=1S/C15H16N2O2/c1-9-13-7-6-12(15(19)17(5)11(3)18)8-14(13)10(2)16(9)4/h6-8H,1-2H2,3-5H3. The molecule has 2 rings (SSSR count). The third kappa shape index (κ3) is 1.95. The first kappa shape index (κ1) is 13.1. The maximum absolute atomic E-state index is 12.1. The number of imide groups is 1. The molecule has 0 fully saturated rings. The molecule has 0 aliphatic heterocycles. The summed E-state index contributed by atoms with van der Waals surface area (Å²) in [7, 11) is 3.35. The summed E-state index contributed by atoms with van der Waals surface area (Å²) in [5.41, 5.74) is 0.473. The molecule has 0 bridgehead atoms. The van der Waals surface area contributed by atoms with Crippen LogP contribution in [-0.4, -0.2) is 28.3 Å². The lowest BCUT2D eigenvalue weighted by Gasteiger charge is -2.12. The number of aromatic nitrogens is 1. The monoisotopic (exact) mass is 256 g/mol. The topological polar surface area (TPSA) is 42.3 Å². The highest BCUT2D eigenvalue weighted by Gasteiger charge is 2.16. The van der Waals surface area contributed by atoms with E-state index in [4.69, 9.17) is 0 Å². The van der Waals surface area contributed by atoms with Gasteiger partial charge in [0.05, 0.1) is 0 Å². The highest BCUT2D eigenvalue weighted by molar-refractivity contribution is 6.05. The van der Waals surface area contributed by atoms with Gasteiger partial charge in [0, 0.05) is 48.1 Å². The Kier molecular flexibility index (Phi) is 3.02. The van der Waals surface area contributed by atoms with E-state index in [-0.39, 0.29) is 11.8 Å². The molecular weight excluding hydrogens is 240 g/mol. The van der Waals surface area contributed by atoms with Crippen molar-refractivity contribution in [1.29, 1.82) is 0 Å². The Morgan fingerprint density at radius 1 is 1.16 bits per heavy atom. The van der Waals surface area contributed by atoms with Gasteiger partial charge in [-0.3, -0.25) is 14.5 Å². The van der Waals surface area contributed by atoms with E-state index in [2.05, 4.69) is 13.2 Å². The summed E-state index contributed by atoms with van der Waals surface area (Å²) in [6, 6.07) is 5.31. The number of benzene rings is 1. The Balaban J connectivity index is 2.63. The highest BCUT2D eigenvalue weighted by atomic mass is 16.2. The van der Waals surface area contributed by atoms with Gasteiger partial charge in [-0.05, 0) is 12.1 Å². The summed E-state index contributed by atoms with van der Waals surface area (Å²) >= 11 is 0. The van der Waals surface area contributed by atoms with Gasteiger partial charge in [0.2, 0.25) is 5.91 Å². The minimum absolute atomic E-state index is 0.286. The predicted octanol–water partition coefficient (Wildman–Crippen LogP) is 0.617. The minimum Gasteiger partial charge on any atom is -0.345 e. The third-order valence-corrected chi connectivity index (χ3v) is 3.48. The molecule has 1 aromatic carbocycles. The van der Waals surface area contributed by atoms with Crippen molar-refractivity contribution in [3.63, 3.8) is 0 Å². The molecule has 19 heavy (non-hydrogen) atoms. The molecule has 2 amide bonds. The quantitative estimate of drug-likeness (QED) is 0.750. The molecule has 0 radical (unpaired) electrons. The average Bonchev–Trinajstić information content (AvgIpc) is 2.61. The van der Waals surface area contributed by atoms with Crippen molar-refractivity contribution in [2.75, 3.05) is 7.05 Å². The van der Waals surface area contributed by atoms with Gasteiger partial charge in [-0.15, -0.1) is 0 Å².